The van der Waals surface area contributed by atoms with Gasteiger partial charge in [-0.2, -0.15) is 0 Å². The van der Waals surface area contributed by atoms with Crippen LogP contribution < -0.4 is 5.46 Å². The van der Waals surface area contributed by atoms with Crippen LogP contribution in [0.4, 0.5) is 0 Å². The van der Waals surface area contributed by atoms with E-state index in [0.717, 1.165) is 15.5 Å². The fourth-order valence-corrected chi connectivity index (χ4v) is 3.25. The summed E-state index contributed by atoms with van der Waals surface area (Å²) in [5, 5.41) is 11.6. The molecule has 1 N–H and O–H groups in total. The van der Waals surface area contributed by atoms with Gasteiger partial charge in [0.25, 0.3) is 0 Å². The summed E-state index contributed by atoms with van der Waals surface area (Å²) in [6, 6.07) is 5.72. The number of rotatable bonds is 2. The first-order valence-electron chi connectivity index (χ1n) is 6.81. The SMILES string of the molecule is CC1(C)OB(c2ccc3scc(C(=O)O)c3c2)OC1(C)C. The number of hydrogen-bond donors (Lipinski definition) is 1. The second-order valence-corrected chi connectivity index (χ2v) is 7.21. The van der Waals surface area contributed by atoms with Gasteiger partial charge < -0.3 is 14.4 Å². The van der Waals surface area contributed by atoms with E-state index in [1.54, 1.807) is 5.38 Å². The third kappa shape index (κ3) is 2.27. The zero-order valence-electron chi connectivity index (χ0n) is 12.5. The highest BCUT2D eigenvalue weighted by Gasteiger charge is 2.51. The number of benzene rings is 1. The van der Waals surface area contributed by atoms with Gasteiger partial charge in [-0.1, -0.05) is 12.1 Å². The summed E-state index contributed by atoms with van der Waals surface area (Å²) >= 11 is 1.43. The van der Waals surface area contributed by atoms with Gasteiger partial charge in [-0.3, -0.25) is 0 Å². The molecule has 0 unspecified atom stereocenters. The summed E-state index contributed by atoms with van der Waals surface area (Å²) in [4.78, 5) is 11.3. The third-order valence-corrected chi connectivity index (χ3v) is 5.32. The molecule has 2 heterocycles. The van der Waals surface area contributed by atoms with Crippen molar-refractivity contribution in [3.63, 3.8) is 0 Å². The van der Waals surface area contributed by atoms with Crippen LogP contribution in [0, 0.1) is 0 Å². The molecule has 1 aromatic carbocycles. The summed E-state index contributed by atoms with van der Waals surface area (Å²) in [6.07, 6.45) is 0. The Balaban J connectivity index is 2.03. The summed E-state index contributed by atoms with van der Waals surface area (Å²) in [6.45, 7) is 8.00. The normalized spacial score (nSPS) is 20.1. The first kappa shape index (κ1) is 14.6. The molecule has 1 saturated heterocycles. The molecular formula is C15H17BO4S. The van der Waals surface area contributed by atoms with Crippen LogP contribution in [0.5, 0.6) is 0 Å². The maximum atomic E-state index is 11.3. The Morgan fingerprint density at radius 3 is 2.38 bits per heavy atom. The Bertz CT molecular complexity index is 704. The van der Waals surface area contributed by atoms with Crippen LogP contribution in [0.3, 0.4) is 0 Å². The second-order valence-electron chi connectivity index (χ2n) is 6.30. The number of carboxylic acids is 1. The van der Waals surface area contributed by atoms with Crippen LogP contribution in [0.1, 0.15) is 38.1 Å². The number of fused-ring (bicyclic) bond motifs is 1. The molecule has 1 aromatic heterocycles. The van der Waals surface area contributed by atoms with E-state index in [2.05, 4.69) is 0 Å². The molecule has 2 aromatic rings. The smallest absolute Gasteiger partial charge is 0.478 e. The molecule has 1 aliphatic rings. The lowest BCUT2D eigenvalue weighted by Gasteiger charge is -2.32. The molecule has 0 saturated carbocycles. The Labute approximate surface area is 127 Å². The van der Waals surface area contributed by atoms with Crippen molar-refractivity contribution in [1.82, 2.24) is 0 Å². The molecule has 1 aliphatic heterocycles. The lowest BCUT2D eigenvalue weighted by Crippen LogP contribution is -2.41. The molecule has 0 aliphatic carbocycles. The largest absolute Gasteiger partial charge is 0.494 e. The molecule has 0 bridgehead atoms. The minimum atomic E-state index is -0.910. The van der Waals surface area contributed by atoms with Gasteiger partial charge in [-0.25, -0.2) is 4.79 Å². The van der Waals surface area contributed by atoms with E-state index in [9.17, 15) is 9.90 Å². The van der Waals surface area contributed by atoms with Crippen molar-refractivity contribution < 1.29 is 19.2 Å². The van der Waals surface area contributed by atoms with Gasteiger partial charge >= 0.3 is 13.1 Å². The average Bonchev–Trinajstić information content (AvgIpc) is 2.87. The van der Waals surface area contributed by atoms with Crippen molar-refractivity contribution in [2.45, 2.75) is 38.9 Å². The molecule has 110 valence electrons. The zero-order chi connectivity index (χ0) is 15.4. The van der Waals surface area contributed by atoms with E-state index >= 15 is 0 Å². The van der Waals surface area contributed by atoms with Crippen molar-refractivity contribution in [3.05, 3.63) is 29.1 Å². The van der Waals surface area contributed by atoms with Gasteiger partial charge in [0.15, 0.2) is 0 Å². The molecule has 21 heavy (non-hydrogen) atoms. The van der Waals surface area contributed by atoms with Crippen LogP contribution in [-0.2, 0) is 9.31 Å². The predicted molar refractivity (Wildman–Crippen MR) is 84.5 cm³/mol. The van der Waals surface area contributed by atoms with Gasteiger partial charge in [0.1, 0.15) is 0 Å². The fraction of sp³-hybridized carbons (Fsp3) is 0.400. The van der Waals surface area contributed by atoms with Crippen LogP contribution in [-0.4, -0.2) is 29.4 Å². The summed E-state index contributed by atoms with van der Waals surface area (Å²) in [5.74, 6) is -0.910. The summed E-state index contributed by atoms with van der Waals surface area (Å²) in [5.41, 5.74) is 0.365. The van der Waals surface area contributed by atoms with Crippen molar-refractivity contribution >= 4 is 40.0 Å². The third-order valence-electron chi connectivity index (χ3n) is 4.35. The second kappa shape index (κ2) is 4.56. The van der Waals surface area contributed by atoms with Gasteiger partial charge in [0.2, 0.25) is 0 Å². The molecule has 0 amide bonds. The van der Waals surface area contributed by atoms with Crippen LogP contribution >= 0.6 is 11.3 Å². The highest BCUT2D eigenvalue weighted by atomic mass is 32.1. The van der Waals surface area contributed by atoms with Gasteiger partial charge in [0.05, 0.1) is 16.8 Å². The molecule has 6 heteroatoms. The van der Waals surface area contributed by atoms with Crippen molar-refractivity contribution in [2.24, 2.45) is 0 Å². The van der Waals surface area contributed by atoms with Gasteiger partial charge in [-0.05, 0) is 39.2 Å². The quantitative estimate of drug-likeness (QED) is 0.867. The van der Waals surface area contributed by atoms with E-state index in [0.29, 0.717) is 5.56 Å². The Morgan fingerprint density at radius 1 is 1.19 bits per heavy atom. The maximum absolute atomic E-state index is 11.3. The standard InChI is InChI=1S/C15H17BO4S/c1-14(2)15(3,4)20-16(19-14)9-5-6-12-10(7-9)11(8-21-12)13(17)18/h5-8H,1-4H3,(H,17,18). The monoisotopic (exact) mass is 304 g/mol. The first-order valence-corrected chi connectivity index (χ1v) is 7.69. The number of hydrogen-bond acceptors (Lipinski definition) is 4. The van der Waals surface area contributed by atoms with Crippen molar-refractivity contribution in [2.75, 3.05) is 0 Å². The molecule has 3 rings (SSSR count). The summed E-state index contributed by atoms with van der Waals surface area (Å²) in [7, 11) is -0.471. The van der Waals surface area contributed by atoms with Gasteiger partial charge in [0, 0.05) is 15.5 Å². The van der Waals surface area contributed by atoms with Crippen molar-refractivity contribution in [3.8, 4) is 0 Å². The lowest BCUT2D eigenvalue weighted by molar-refractivity contribution is 0.00578. The topological polar surface area (TPSA) is 55.8 Å². The first-order chi connectivity index (χ1) is 9.71. The van der Waals surface area contributed by atoms with E-state index in [1.165, 1.54) is 11.3 Å². The molecule has 0 atom stereocenters. The van der Waals surface area contributed by atoms with E-state index in [-0.39, 0.29) is 0 Å². The molecular weight excluding hydrogens is 287 g/mol. The lowest BCUT2D eigenvalue weighted by atomic mass is 9.78. The molecule has 4 nitrogen and oxygen atoms in total. The number of thiophene rings is 1. The van der Waals surface area contributed by atoms with E-state index in [1.807, 2.05) is 45.9 Å². The Hall–Kier alpha value is -1.37. The molecule has 1 fully saturated rings. The van der Waals surface area contributed by atoms with Crippen molar-refractivity contribution in [1.29, 1.82) is 0 Å². The van der Waals surface area contributed by atoms with E-state index < -0.39 is 24.3 Å². The Morgan fingerprint density at radius 2 is 1.81 bits per heavy atom. The summed E-state index contributed by atoms with van der Waals surface area (Å²) < 4.78 is 13.0. The van der Waals surface area contributed by atoms with E-state index in [4.69, 9.17) is 9.31 Å². The highest BCUT2D eigenvalue weighted by molar-refractivity contribution is 7.17. The van der Waals surface area contributed by atoms with Gasteiger partial charge in [-0.15, -0.1) is 11.3 Å². The highest BCUT2D eigenvalue weighted by Crippen LogP contribution is 2.37. The zero-order valence-corrected chi connectivity index (χ0v) is 13.3. The average molecular weight is 304 g/mol. The van der Waals surface area contributed by atoms with Crippen LogP contribution in [0.25, 0.3) is 10.1 Å². The minimum absolute atomic E-state index is 0.327. The predicted octanol–water partition coefficient (Wildman–Crippen LogP) is 2.90. The number of aromatic carboxylic acids is 1. The Kier molecular flexibility index (Phi) is 3.17. The number of carbonyl (C=O) groups is 1. The molecule has 0 radical (unpaired) electrons. The number of carboxylic acid groups (broad SMARTS) is 1. The van der Waals surface area contributed by atoms with Crippen LogP contribution in [0.2, 0.25) is 0 Å². The maximum Gasteiger partial charge on any atom is 0.494 e. The molecule has 0 spiro atoms. The fourth-order valence-electron chi connectivity index (χ4n) is 2.34. The van der Waals surface area contributed by atoms with Crippen LogP contribution in [0.15, 0.2) is 23.6 Å². The minimum Gasteiger partial charge on any atom is -0.478 e.